The fourth-order valence-corrected chi connectivity index (χ4v) is 2.12. The number of nitrogens with zero attached hydrogens (tertiary/aromatic N) is 3. The van der Waals surface area contributed by atoms with Crippen molar-refractivity contribution in [2.75, 3.05) is 6.54 Å². The van der Waals surface area contributed by atoms with Gasteiger partial charge in [0, 0.05) is 42.6 Å². The van der Waals surface area contributed by atoms with E-state index in [0.29, 0.717) is 17.9 Å². The topological polar surface area (TPSA) is 55.2 Å². The Kier molecular flexibility index (Phi) is 3.37. The van der Waals surface area contributed by atoms with Gasteiger partial charge in [-0.2, -0.15) is 0 Å². The number of aliphatic imine (C=N–C) groups is 1. The molecule has 3 rings (SSSR count). The minimum atomic E-state index is 0.0790. The summed E-state index contributed by atoms with van der Waals surface area (Å²) < 4.78 is 0. The van der Waals surface area contributed by atoms with Crippen molar-refractivity contribution in [2.45, 2.75) is 13.3 Å². The molecule has 3 heterocycles. The molecule has 0 aromatic carbocycles. The van der Waals surface area contributed by atoms with Gasteiger partial charge < -0.3 is 0 Å². The highest BCUT2D eigenvalue weighted by atomic mass is 16.1. The number of ketones is 1. The van der Waals surface area contributed by atoms with Gasteiger partial charge in [0.2, 0.25) is 0 Å². The molecule has 0 saturated heterocycles. The van der Waals surface area contributed by atoms with Gasteiger partial charge in [0.1, 0.15) is 0 Å². The number of carbonyl (C=O) groups excluding carboxylic acids is 1. The third-order valence-electron chi connectivity index (χ3n) is 3.49. The van der Waals surface area contributed by atoms with Crippen molar-refractivity contribution in [1.29, 1.82) is 0 Å². The van der Waals surface area contributed by atoms with Crippen LogP contribution in [-0.2, 0) is 0 Å². The number of carbonyl (C=O) groups is 1. The van der Waals surface area contributed by atoms with Crippen LogP contribution in [0.3, 0.4) is 0 Å². The molecule has 1 atom stereocenters. The predicted octanol–water partition coefficient (Wildman–Crippen LogP) is 2.81. The molecular formula is C16H15N3O. The second-order valence-electron chi connectivity index (χ2n) is 4.98. The summed E-state index contributed by atoms with van der Waals surface area (Å²) in [4.78, 5) is 24.9. The highest BCUT2D eigenvalue weighted by Gasteiger charge is 2.21. The van der Waals surface area contributed by atoms with Crippen LogP contribution in [0.15, 0.2) is 47.7 Å². The summed E-state index contributed by atoms with van der Waals surface area (Å²) in [5.74, 6) is 0.523. The highest BCUT2D eigenvalue weighted by molar-refractivity contribution is 6.11. The molecule has 1 aliphatic heterocycles. The average Bonchev–Trinajstić information content (AvgIpc) is 2.52. The molecule has 0 fully saturated rings. The molecule has 2 aromatic rings. The fraction of sp³-hybridized carbons (Fsp3) is 0.250. The molecule has 2 aromatic heterocycles. The summed E-state index contributed by atoms with van der Waals surface area (Å²) in [6.45, 7) is 2.94. The molecule has 0 aliphatic carbocycles. The number of aromatic nitrogens is 2. The second kappa shape index (κ2) is 5.33. The summed E-state index contributed by atoms with van der Waals surface area (Å²) in [5.41, 5.74) is 3.22. The Morgan fingerprint density at radius 3 is 2.60 bits per heavy atom. The minimum Gasteiger partial charge on any atom is -0.294 e. The first-order chi connectivity index (χ1) is 9.74. The molecule has 0 N–H and O–H groups in total. The quantitative estimate of drug-likeness (QED) is 0.799. The van der Waals surface area contributed by atoms with Gasteiger partial charge in [-0.05, 0) is 24.3 Å². The maximum Gasteiger partial charge on any atom is 0.170 e. The zero-order valence-corrected chi connectivity index (χ0v) is 11.3. The summed E-state index contributed by atoms with van der Waals surface area (Å²) in [6.07, 6.45) is 3.76. The van der Waals surface area contributed by atoms with Gasteiger partial charge in [0.05, 0.1) is 11.4 Å². The molecular weight excluding hydrogens is 250 g/mol. The fourth-order valence-electron chi connectivity index (χ4n) is 2.12. The van der Waals surface area contributed by atoms with Gasteiger partial charge in [-0.1, -0.05) is 13.0 Å². The van der Waals surface area contributed by atoms with Crippen LogP contribution in [0.1, 0.15) is 23.7 Å². The van der Waals surface area contributed by atoms with Crippen LogP contribution in [0.2, 0.25) is 0 Å². The summed E-state index contributed by atoms with van der Waals surface area (Å²) in [7, 11) is 0. The maximum absolute atomic E-state index is 12.1. The Hall–Kier alpha value is -2.36. The van der Waals surface area contributed by atoms with Crippen LogP contribution >= 0.6 is 0 Å². The molecule has 0 saturated carbocycles. The van der Waals surface area contributed by atoms with E-state index in [1.54, 1.807) is 12.4 Å². The van der Waals surface area contributed by atoms with Crippen molar-refractivity contribution in [2.24, 2.45) is 10.9 Å². The smallest absolute Gasteiger partial charge is 0.170 e. The molecule has 100 valence electrons. The zero-order chi connectivity index (χ0) is 13.9. The zero-order valence-electron chi connectivity index (χ0n) is 11.3. The molecule has 1 unspecified atom stereocenters. The average molecular weight is 265 g/mol. The van der Waals surface area contributed by atoms with E-state index in [4.69, 9.17) is 0 Å². The lowest BCUT2D eigenvalue weighted by molar-refractivity contribution is 0.0998. The van der Waals surface area contributed by atoms with Crippen LogP contribution in [0.5, 0.6) is 0 Å². The Labute approximate surface area is 117 Å². The van der Waals surface area contributed by atoms with Gasteiger partial charge in [0.25, 0.3) is 0 Å². The van der Waals surface area contributed by atoms with Crippen molar-refractivity contribution in [3.63, 3.8) is 0 Å². The largest absolute Gasteiger partial charge is 0.294 e. The van der Waals surface area contributed by atoms with E-state index >= 15 is 0 Å². The number of hydrogen-bond donors (Lipinski definition) is 0. The minimum absolute atomic E-state index is 0.0790. The van der Waals surface area contributed by atoms with Crippen molar-refractivity contribution in [3.8, 4) is 11.4 Å². The van der Waals surface area contributed by atoms with Crippen molar-refractivity contribution in [3.05, 3.63) is 48.3 Å². The van der Waals surface area contributed by atoms with Gasteiger partial charge in [-0.25, -0.2) is 0 Å². The van der Waals surface area contributed by atoms with Crippen LogP contribution in [0.25, 0.3) is 11.4 Å². The first-order valence-electron chi connectivity index (χ1n) is 6.68. The third-order valence-corrected chi connectivity index (χ3v) is 3.49. The number of rotatable bonds is 4. The Balaban J connectivity index is 1.74. The molecule has 1 aliphatic rings. The molecule has 0 spiro atoms. The van der Waals surface area contributed by atoms with Gasteiger partial charge >= 0.3 is 0 Å². The van der Waals surface area contributed by atoms with E-state index in [2.05, 4.69) is 21.9 Å². The van der Waals surface area contributed by atoms with E-state index in [9.17, 15) is 4.79 Å². The van der Waals surface area contributed by atoms with E-state index in [1.165, 1.54) is 0 Å². The third kappa shape index (κ3) is 2.50. The Morgan fingerprint density at radius 2 is 2.05 bits per heavy atom. The van der Waals surface area contributed by atoms with Crippen molar-refractivity contribution < 1.29 is 4.79 Å². The van der Waals surface area contributed by atoms with Crippen LogP contribution in [-0.4, -0.2) is 28.0 Å². The molecule has 0 bridgehead atoms. The summed E-state index contributed by atoms with van der Waals surface area (Å²) in [5, 5.41) is 0. The second-order valence-corrected chi connectivity index (χ2v) is 4.98. The Morgan fingerprint density at radius 1 is 1.20 bits per heavy atom. The van der Waals surface area contributed by atoms with Crippen molar-refractivity contribution >= 4 is 11.5 Å². The predicted molar refractivity (Wildman–Crippen MR) is 77.9 cm³/mol. The number of hydrogen-bond acceptors (Lipinski definition) is 4. The summed E-state index contributed by atoms with van der Waals surface area (Å²) in [6, 6.07) is 9.32. The van der Waals surface area contributed by atoms with Crippen molar-refractivity contribution in [1.82, 2.24) is 9.97 Å². The van der Waals surface area contributed by atoms with Crippen LogP contribution < -0.4 is 0 Å². The van der Waals surface area contributed by atoms with E-state index in [1.807, 2.05) is 30.3 Å². The molecule has 0 amide bonds. The maximum atomic E-state index is 12.1. The lowest BCUT2D eigenvalue weighted by Crippen LogP contribution is -2.27. The first kappa shape index (κ1) is 12.7. The van der Waals surface area contributed by atoms with Gasteiger partial charge in [0.15, 0.2) is 5.78 Å². The van der Waals surface area contributed by atoms with Gasteiger partial charge in [-0.15, -0.1) is 0 Å². The molecule has 0 radical (unpaired) electrons. The SMILES string of the molecule is CC1CN=C1CC(=O)c1ccc(-c2ccccn2)nc1. The van der Waals surface area contributed by atoms with E-state index in [-0.39, 0.29) is 5.78 Å². The molecule has 20 heavy (non-hydrogen) atoms. The Bertz CT molecular complexity index is 647. The monoisotopic (exact) mass is 265 g/mol. The van der Waals surface area contributed by atoms with Gasteiger partial charge in [-0.3, -0.25) is 19.8 Å². The number of Topliss-reactive ketones (excluding diaryl/α,β-unsaturated/α-hetero) is 1. The molecule has 4 heteroatoms. The first-order valence-corrected chi connectivity index (χ1v) is 6.68. The lowest BCUT2D eigenvalue weighted by atomic mass is 9.94. The highest BCUT2D eigenvalue weighted by Crippen LogP contribution is 2.18. The number of pyridine rings is 2. The van der Waals surface area contributed by atoms with E-state index in [0.717, 1.165) is 23.6 Å². The molecule has 4 nitrogen and oxygen atoms in total. The van der Waals surface area contributed by atoms with E-state index < -0.39 is 0 Å². The van der Waals surface area contributed by atoms with Crippen LogP contribution in [0, 0.1) is 5.92 Å². The summed E-state index contributed by atoms with van der Waals surface area (Å²) >= 11 is 0. The van der Waals surface area contributed by atoms with Crippen LogP contribution in [0.4, 0.5) is 0 Å². The standard InChI is InChI=1S/C16H15N3O/c1-11-9-18-15(11)8-16(20)12-5-6-14(19-10-12)13-4-2-3-7-17-13/h2-7,10-11H,8-9H2,1H3. The normalized spacial score (nSPS) is 17.2. The lowest BCUT2D eigenvalue weighted by Gasteiger charge is -2.21.